The Labute approximate surface area is 197 Å². The minimum Gasteiger partial charge on any atom is -0.263 e. The van der Waals surface area contributed by atoms with Gasteiger partial charge in [-0.25, -0.2) is 0 Å². The molecule has 0 saturated carbocycles. The van der Waals surface area contributed by atoms with Gasteiger partial charge in [0.1, 0.15) is 0 Å². The fourth-order valence-electron chi connectivity index (χ4n) is 1.50. The molecule has 0 bridgehead atoms. The molecule has 0 aromatic rings. The first kappa shape index (κ1) is 36.8. The molecule has 0 N–H and O–H groups in total. The first-order chi connectivity index (χ1) is 15.9. The Morgan fingerprint density at radius 2 is 0.579 bits per heavy atom. The second-order valence-electron chi connectivity index (χ2n) is 6.13. The quantitative estimate of drug-likeness (QED) is 0.181. The van der Waals surface area contributed by atoms with E-state index in [4.69, 9.17) is 0 Å². The van der Waals surface area contributed by atoms with Gasteiger partial charge in [-0.3, -0.25) is 14.2 Å². The summed E-state index contributed by atoms with van der Waals surface area (Å²) in [5.74, 6) is -25.1. The van der Waals surface area contributed by atoms with Crippen molar-refractivity contribution in [2.75, 3.05) is 0 Å². The van der Waals surface area contributed by atoms with Crippen molar-refractivity contribution in [1.82, 2.24) is 0 Å². The number of halogens is 24. The van der Waals surface area contributed by atoms with Crippen molar-refractivity contribution in [2.24, 2.45) is 0 Å². The lowest BCUT2D eigenvalue weighted by molar-refractivity contribution is -0.576. The van der Waals surface area contributed by atoms with E-state index >= 15 is 0 Å². The van der Waals surface area contributed by atoms with E-state index in [1.54, 1.807) is 4.74 Å². The highest BCUT2D eigenvalue weighted by Gasteiger charge is 2.88. The Morgan fingerprint density at radius 3 is 0.816 bits per heavy atom. The highest BCUT2D eigenvalue weighted by atomic mass is 79.9. The van der Waals surface area contributed by atoms with Gasteiger partial charge in [0.25, 0.3) is 0 Å². The largest absolute Gasteiger partial charge is 0.462 e. The molecule has 0 aliphatic rings. The number of hydrogen-bond acceptors (Lipinski definition) is 3. The third-order valence-electron chi connectivity index (χ3n) is 3.32. The molecule has 27 heteroatoms. The Kier molecular flexibility index (Phi) is 9.10. The first-order valence-electron chi connectivity index (χ1n) is 7.51. The Balaban J connectivity index is 7.07. The van der Waals surface area contributed by atoms with Crippen molar-refractivity contribution in [1.29, 1.82) is 0 Å². The van der Waals surface area contributed by atoms with Crippen LogP contribution >= 0.6 is 15.9 Å². The molecule has 3 nitrogen and oxygen atoms in total. The van der Waals surface area contributed by atoms with E-state index in [9.17, 15) is 101 Å². The van der Waals surface area contributed by atoms with Gasteiger partial charge in [-0.1, -0.05) is 0 Å². The summed E-state index contributed by atoms with van der Waals surface area (Å²) in [5.41, 5.74) is 0. The van der Waals surface area contributed by atoms with Gasteiger partial charge >= 0.3 is 65.4 Å². The molecule has 0 aliphatic carbocycles. The van der Waals surface area contributed by atoms with Gasteiger partial charge in [0.05, 0.1) is 0 Å². The number of rotatable bonds is 9. The van der Waals surface area contributed by atoms with Crippen LogP contribution < -0.4 is 0 Å². The summed E-state index contributed by atoms with van der Waals surface area (Å²) >= 11 is 0.390. The molecule has 0 aliphatic heterocycles. The number of alkyl halides is 24. The van der Waals surface area contributed by atoms with Crippen molar-refractivity contribution in [2.45, 2.75) is 65.4 Å². The predicted octanol–water partition coefficient (Wildman–Crippen LogP) is 8.05. The van der Waals surface area contributed by atoms with E-state index in [-0.39, 0.29) is 0 Å². The van der Waals surface area contributed by atoms with Gasteiger partial charge in [-0.05, 0) is 15.9 Å². The molecule has 0 aromatic heterocycles. The minimum atomic E-state index is -8.63. The third-order valence-corrected chi connectivity index (χ3v) is 3.93. The van der Waals surface area contributed by atoms with Gasteiger partial charge in [-0.15, -0.1) is 0 Å². The zero-order chi connectivity index (χ0) is 31.6. The zero-order valence-electron chi connectivity index (χ0n) is 15.8. The van der Waals surface area contributed by atoms with Crippen LogP contribution in [0.4, 0.5) is 101 Å². The molecular weight excluding hydrogens is 697 g/mol. The fourth-order valence-corrected chi connectivity index (χ4v) is 1.70. The van der Waals surface area contributed by atoms with Crippen molar-refractivity contribution in [3.8, 4) is 0 Å². The normalized spacial score (nSPS) is 20.5. The Morgan fingerprint density at radius 1 is 0.316 bits per heavy atom. The summed E-state index contributed by atoms with van der Waals surface area (Å²) in [6.07, 6.45) is -56.4. The maximum Gasteiger partial charge on any atom is 0.462 e. The summed E-state index contributed by atoms with van der Waals surface area (Å²) in [4.78, 5) is 0. The van der Waals surface area contributed by atoms with Gasteiger partial charge in [0, 0.05) is 0 Å². The van der Waals surface area contributed by atoms with Crippen LogP contribution in [0.2, 0.25) is 0 Å². The molecule has 0 rings (SSSR count). The van der Waals surface area contributed by atoms with Crippen LogP contribution in [0.1, 0.15) is 0 Å². The summed E-state index contributed by atoms with van der Waals surface area (Å²) in [6.45, 7) is 0. The van der Waals surface area contributed by atoms with E-state index in [0.717, 1.165) is 9.47 Å². The fraction of sp³-hybridized carbons (Fsp3) is 1.00. The first-order valence-corrected chi connectivity index (χ1v) is 8.30. The molecule has 230 valence electrons. The summed E-state index contributed by atoms with van der Waals surface area (Å²) in [5, 5.41) is 0. The van der Waals surface area contributed by atoms with Gasteiger partial charge < -0.3 is 0 Å². The maximum atomic E-state index is 13.9. The third kappa shape index (κ3) is 6.22. The van der Waals surface area contributed by atoms with Crippen LogP contribution in [-0.2, 0) is 14.2 Å². The van der Waals surface area contributed by atoms with Crippen LogP contribution in [0.25, 0.3) is 0 Å². The second kappa shape index (κ2) is 9.41. The molecule has 0 fully saturated rings. The van der Waals surface area contributed by atoms with Crippen LogP contribution in [0.3, 0.4) is 0 Å². The smallest absolute Gasteiger partial charge is 0.263 e. The zero-order valence-corrected chi connectivity index (χ0v) is 17.4. The molecule has 0 aromatic carbocycles. The highest BCUT2D eigenvalue weighted by Crippen LogP contribution is 2.59. The lowest BCUT2D eigenvalue weighted by atomic mass is 10.2. The van der Waals surface area contributed by atoms with Crippen molar-refractivity contribution >= 4 is 15.9 Å². The average molecular weight is 697 g/mol. The van der Waals surface area contributed by atoms with Crippen LogP contribution in [0.15, 0.2) is 0 Å². The molecule has 0 heterocycles. The molecule has 3 atom stereocenters. The molecule has 3 unspecified atom stereocenters. The Bertz CT molecular complexity index is 838. The van der Waals surface area contributed by atoms with E-state index in [1.807, 2.05) is 0 Å². The minimum absolute atomic E-state index is 0.390. The molecule has 0 amide bonds. The molecule has 0 radical (unpaired) electrons. The topological polar surface area (TPSA) is 27.7 Å². The van der Waals surface area contributed by atoms with E-state index < -0.39 is 65.4 Å². The van der Waals surface area contributed by atoms with Crippen molar-refractivity contribution < 1.29 is 115 Å². The highest BCUT2D eigenvalue weighted by molar-refractivity contribution is 9.10. The maximum absolute atomic E-state index is 13.9. The number of hydrogen-bond donors (Lipinski definition) is 0. The second-order valence-corrected chi connectivity index (χ2v) is 7.15. The van der Waals surface area contributed by atoms with Crippen LogP contribution in [0.5, 0.6) is 0 Å². The summed E-state index contributed by atoms with van der Waals surface area (Å²) in [7, 11) is 0. The van der Waals surface area contributed by atoms with E-state index in [1.165, 1.54) is 0 Å². The standard InChI is InChI=1S/C11BrF23O3/c12-4(17,8(27,28)29)38-11(34,35)3(16,7(24,25)26)37-10(32,33)2(15,6(21,22)23)36-9(30,31)1(13,14)5(18,19)20. The van der Waals surface area contributed by atoms with Crippen LogP contribution in [-0.4, -0.2) is 65.4 Å². The van der Waals surface area contributed by atoms with E-state index in [0.29, 0.717) is 15.9 Å². The van der Waals surface area contributed by atoms with Gasteiger partial charge in [0.2, 0.25) is 0 Å². The molecule has 0 saturated heterocycles. The molecule has 38 heavy (non-hydrogen) atoms. The lowest BCUT2D eigenvalue weighted by Crippen LogP contribution is -2.70. The van der Waals surface area contributed by atoms with Crippen LogP contribution in [0, 0.1) is 0 Å². The van der Waals surface area contributed by atoms with Crippen molar-refractivity contribution in [3.63, 3.8) is 0 Å². The average Bonchev–Trinajstić information content (AvgIpc) is 2.55. The molecular formula is C11BrF23O3. The monoisotopic (exact) mass is 696 g/mol. The SMILES string of the molecule is FC(F)(F)C(F)(Br)OC(F)(F)C(F)(OC(F)(F)C(F)(OC(F)(F)C(F)(F)C(F)(F)F)C(F)(F)F)C(F)(F)F. The van der Waals surface area contributed by atoms with Crippen molar-refractivity contribution in [3.05, 3.63) is 0 Å². The van der Waals surface area contributed by atoms with Gasteiger partial charge in [-0.2, -0.15) is 101 Å². The number of ether oxygens (including phenoxy) is 3. The van der Waals surface area contributed by atoms with Gasteiger partial charge in [0.15, 0.2) is 0 Å². The molecule has 0 spiro atoms. The Hall–Kier alpha value is -1.25. The lowest BCUT2D eigenvalue weighted by Gasteiger charge is -2.42. The van der Waals surface area contributed by atoms with E-state index in [2.05, 4.69) is 0 Å². The summed E-state index contributed by atoms with van der Waals surface area (Å²) < 4.78 is 292. The predicted molar refractivity (Wildman–Crippen MR) is 67.7 cm³/mol. The summed E-state index contributed by atoms with van der Waals surface area (Å²) in [6, 6.07) is 0.